The summed E-state index contributed by atoms with van der Waals surface area (Å²) in [5.74, 6) is 1.73. The summed E-state index contributed by atoms with van der Waals surface area (Å²) >= 11 is 0. The van der Waals surface area contributed by atoms with Crippen LogP contribution in [0.1, 0.15) is 18.3 Å². The Morgan fingerprint density at radius 2 is 1.95 bits per heavy atom. The Kier molecular flexibility index (Phi) is 4.28. The van der Waals surface area contributed by atoms with E-state index in [4.69, 9.17) is 4.74 Å². The molecule has 2 aromatic rings. The van der Waals surface area contributed by atoms with Crippen LogP contribution in [0.2, 0.25) is 0 Å². The van der Waals surface area contributed by atoms with Crippen LogP contribution in [0.25, 0.3) is 0 Å². The van der Waals surface area contributed by atoms with Gasteiger partial charge in [0.05, 0.1) is 7.11 Å². The van der Waals surface area contributed by atoms with Gasteiger partial charge in [0.1, 0.15) is 17.5 Å². The van der Waals surface area contributed by atoms with E-state index in [1.807, 2.05) is 6.92 Å². The molecule has 19 heavy (non-hydrogen) atoms. The van der Waals surface area contributed by atoms with Gasteiger partial charge in [-0.15, -0.1) is 0 Å². The lowest BCUT2D eigenvalue weighted by Gasteiger charge is -2.08. The Morgan fingerprint density at radius 3 is 2.58 bits per heavy atom. The average Bonchev–Trinajstić information content (AvgIpc) is 2.46. The second-order valence-corrected chi connectivity index (χ2v) is 4.05. The number of aryl methyl sites for hydroxylation is 1. The second kappa shape index (κ2) is 6.13. The van der Waals surface area contributed by atoms with Crippen molar-refractivity contribution in [1.82, 2.24) is 9.97 Å². The van der Waals surface area contributed by atoms with E-state index in [1.54, 1.807) is 25.3 Å². The molecule has 1 aromatic heterocycles. The van der Waals surface area contributed by atoms with Gasteiger partial charge in [-0.1, -0.05) is 19.1 Å². The lowest BCUT2D eigenvalue weighted by atomic mass is 10.2. The summed E-state index contributed by atoms with van der Waals surface area (Å²) in [5.41, 5.74) is 0.983. The summed E-state index contributed by atoms with van der Waals surface area (Å²) in [6, 6.07) is 8.09. The molecule has 0 aliphatic rings. The predicted molar refractivity (Wildman–Crippen MR) is 71.7 cm³/mol. The number of ether oxygens (including phenoxy) is 1. The molecule has 0 fully saturated rings. The molecule has 1 aromatic carbocycles. The molecular weight excluding hydrogens is 245 g/mol. The molecule has 1 N–H and O–H groups in total. The summed E-state index contributed by atoms with van der Waals surface area (Å²) in [5, 5.41) is 3.18. The normalized spacial score (nSPS) is 10.3. The van der Waals surface area contributed by atoms with Crippen molar-refractivity contribution < 1.29 is 9.13 Å². The Morgan fingerprint density at radius 1 is 1.21 bits per heavy atom. The van der Waals surface area contributed by atoms with Crippen molar-refractivity contribution in [2.75, 3.05) is 12.4 Å². The first-order chi connectivity index (χ1) is 9.21. The van der Waals surface area contributed by atoms with Crippen molar-refractivity contribution in [3.63, 3.8) is 0 Å². The maximum absolute atomic E-state index is 12.8. The highest BCUT2D eigenvalue weighted by atomic mass is 19.1. The zero-order valence-electron chi connectivity index (χ0n) is 11.0. The molecular formula is C14H16FN3O. The standard InChI is InChI=1S/C14H16FN3O/c1-3-12-17-13(8-14(18-12)19-2)16-9-10-4-6-11(15)7-5-10/h4-8H,3,9H2,1-2H3,(H,16,17,18). The maximum Gasteiger partial charge on any atom is 0.218 e. The number of benzene rings is 1. The molecule has 5 heteroatoms. The fourth-order valence-electron chi connectivity index (χ4n) is 1.62. The van der Waals surface area contributed by atoms with Crippen LogP contribution in [-0.2, 0) is 13.0 Å². The predicted octanol–water partition coefficient (Wildman–Crippen LogP) is 2.80. The molecule has 0 amide bonds. The number of methoxy groups -OCH3 is 1. The minimum atomic E-state index is -0.235. The van der Waals surface area contributed by atoms with E-state index in [-0.39, 0.29) is 5.82 Å². The lowest BCUT2D eigenvalue weighted by Crippen LogP contribution is -2.05. The fraction of sp³-hybridized carbons (Fsp3) is 0.286. The third-order valence-electron chi connectivity index (χ3n) is 2.66. The maximum atomic E-state index is 12.8. The van der Waals surface area contributed by atoms with Crippen molar-refractivity contribution in [2.24, 2.45) is 0 Å². The highest BCUT2D eigenvalue weighted by Crippen LogP contribution is 2.14. The highest BCUT2D eigenvalue weighted by Gasteiger charge is 2.03. The summed E-state index contributed by atoms with van der Waals surface area (Å²) < 4.78 is 17.9. The van der Waals surface area contributed by atoms with Gasteiger partial charge in [0, 0.05) is 19.0 Å². The molecule has 0 spiro atoms. The molecule has 0 bridgehead atoms. The molecule has 0 aliphatic carbocycles. The van der Waals surface area contributed by atoms with Gasteiger partial charge in [-0.2, -0.15) is 4.98 Å². The second-order valence-electron chi connectivity index (χ2n) is 4.05. The van der Waals surface area contributed by atoms with Crippen molar-refractivity contribution >= 4 is 5.82 Å². The number of nitrogens with zero attached hydrogens (tertiary/aromatic N) is 2. The molecule has 1 heterocycles. The van der Waals surface area contributed by atoms with E-state index in [2.05, 4.69) is 15.3 Å². The molecule has 0 aliphatic heterocycles. The average molecular weight is 261 g/mol. The number of halogens is 1. The minimum Gasteiger partial charge on any atom is -0.481 e. The summed E-state index contributed by atoms with van der Waals surface area (Å²) in [4.78, 5) is 8.57. The molecule has 0 unspecified atom stereocenters. The first-order valence-corrected chi connectivity index (χ1v) is 6.11. The van der Waals surface area contributed by atoms with E-state index in [0.717, 1.165) is 17.8 Å². The van der Waals surface area contributed by atoms with Crippen LogP contribution in [0.5, 0.6) is 5.88 Å². The smallest absolute Gasteiger partial charge is 0.218 e. The zero-order chi connectivity index (χ0) is 13.7. The van der Waals surface area contributed by atoms with Crippen LogP contribution in [0.15, 0.2) is 30.3 Å². The van der Waals surface area contributed by atoms with Crippen molar-refractivity contribution in [2.45, 2.75) is 19.9 Å². The van der Waals surface area contributed by atoms with E-state index < -0.39 is 0 Å². The van der Waals surface area contributed by atoms with Gasteiger partial charge in [-0.25, -0.2) is 9.37 Å². The Labute approximate surface area is 111 Å². The Hall–Kier alpha value is -2.17. The zero-order valence-corrected chi connectivity index (χ0v) is 11.0. The van der Waals surface area contributed by atoms with Gasteiger partial charge in [-0.05, 0) is 17.7 Å². The number of nitrogens with one attached hydrogen (secondary N) is 1. The van der Waals surface area contributed by atoms with E-state index in [0.29, 0.717) is 18.2 Å². The lowest BCUT2D eigenvalue weighted by molar-refractivity contribution is 0.395. The van der Waals surface area contributed by atoms with Gasteiger partial charge in [0.15, 0.2) is 0 Å². The van der Waals surface area contributed by atoms with Crippen LogP contribution >= 0.6 is 0 Å². The minimum absolute atomic E-state index is 0.235. The number of rotatable bonds is 5. The van der Waals surface area contributed by atoms with Gasteiger partial charge in [0.2, 0.25) is 5.88 Å². The van der Waals surface area contributed by atoms with Crippen molar-refractivity contribution in [3.05, 3.63) is 47.5 Å². The van der Waals surface area contributed by atoms with Gasteiger partial charge in [-0.3, -0.25) is 0 Å². The van der Waals surface area contributed by atoms with Crippen LogP contribution < -0.4 is 10.1 Å². The Bertz CT molecular complexity index is 521. The third-order valence-corrected chi connectivity index (χ3v) is 2.66. The monoisotopic (exact) mass is 261 g/mol. The first kappa shape index (κ1) is 13.3. The van der Waals surface area contributed by atoms with Crippen LogP contribution in [0.4, 0.5) is 10.2 Å². The van der Waals surface area contributed by atoms with Gasteiger partial charge in [0.25, 0.3) is 0 Å². The molecule has 0 saturated carbocycles. The molecule has 0 radical (unpaired) electrons. The van der Waals surface area contributed by atoms with Crippen LogP contribution in [-0.4, -0.2) is 17.1 Å². The summed E-state index contributed by atoms with van der Waals surface area (Å²) in [6.07, 6.45) is 0.739. The third kappa shape index (κ3) is 3.64. The topological polar surface area (TPSA) is 47.0 Å². The van der Waals surface area contributed by atoms with Crippen molar-refractivity contribution in [3.8, 4) is 5.88 Å². The summed E-state index contributed by atoms with van der Waals surface area (Å²) in [7, 11) is 1.57. The largest absolute Gasteiger partial charge is 0.481 e. The first-order valence-electron chi connectivity index (χ1n) is 6.11. The van der Waals surface area contributed by atoms with Crippen LogP contribution in [0.3, 0.4) is 0 Å². The van der Waals surface area contributed by atoms with Gasteiger partial charge >= 0.3 is 0 Å². The number of hydrogen-bond acceptors (Lipinski definition) is 4. The van der Waals surface area contributed by atoms with E-state index >= 15 is 0 Å². The number of anilines is 1. The molecule has 4 nitrogen and oxygen atoms in total. The highest BCUT2D eigenvalue weighted by molar-refractivity contribution is 5.39. The van der Waals surface area contributed by atoms with Gasteiger partial charge < -0.3 is 10.1 Å². The van der Waals surface area contributed by atoms with E-state index in [9.17, 15) is 4.39 Å². The molecule has 2 rings (SSSR count). The SMILES string of the molecule is CCc1nc(NCc2ccc(F)cc2)cc(OC)n1. The quantitative estimate of drug-likeness (QED) is 0.899. The number of aromatic nitrogens is 2. The van der Waals surface area contributed by atoms with E-state index in [1.165, 1.54) is 12.1 Å². The van der Waals surface area contributed by atoms with Crippen LogP contribution in [0, 0.1) is 5.82 Å². The summed E-state index contributed by atoms with van der Waals surface area (Å²) in [6.45, 7) is 2.56. The Balaban J connectivity index is 2.08. The fourth-order valence-corrected chi connectivity index (χ4v) is 1.62. The van der Waals surface area contributed by atoms with Crippen molar-refractivity contribution in [1.29, 1.82) is 0 Å². The molecule has 100 valence electrons. The number of hydrogen-bond donors (Lipinski definition) is 1. The molecule has 0 saturated heterocycles. The molecule has 0 atom stereocenters.